The fourth-order valence-electron chi connectivity index (χ4n) is 2.88. The predicted molar refractivity (Wildman–Crippen MR) is 113 cm³/mol. The van der Waals surface area contributed by atoms with Crippen LogP contribution in [0.1, 0.15) is 27.2 Å². The first-order chi connectivity index (χ1) is 13.6. The molecule has 2 aromatic carbocycles. The fourth-order valence-corrected chi connectivity index (χ4v) is 2.88. The first-order valence-electron chi connectivity index (χ1n) is 9.27. The van der Waals surface area contributed by atoms with Crippen LogP contribution in [-0.4, -0.2) is 24.5 Å². The maximum atomic E-state index is 12.6. The number of carbonyl (C=O) groups is 1. The van der Waals surface area contributed by atoms with E-state index in [0.717, 1.165) is 41.2 Å². The number of hydrogen-bond donors (Lipinski definition) is 2. The number of rotatable bonds is 7. The van der Waals surface area contributed by atoms with E-state index in [2.05, 4.69) is 27.8 Å². The second kappa shape index (κ2) is 9.04. The zero-order valence-corrected chi connectivity index (χ0v) is 16.5. The van der Waals surface area contributed by atoms with Crippen molar-refractivity contribution in [2.24, 2.45) is 0 Å². The highest BCUT2D eigenvalue weighted by atomic mass is 16.5. The van der Waals surface area contributed by atoms with Gasteiger partial charge in [-0.2, -0.15) is 0 Å². The second-order valence-corrected chi connectivity index (χ2v) is 6.66. The summed E-state index contributed by atoms with van der Waals surface area (Å²) >= 11 is 0. The highest BCUT2D eigenvalue weighted by Crippen LogP contribution is 2.19. The monoisotopic (exact) mass is 375 g/mol. The molecule has 0 radical (unpaired) electrons. The van der Waals surface area contributed by atoms with E-state index in [1.54, 1.807) is 19.4 Å². The zero-order chi connectivity index (χ0) is 19.9. The molecule has 0 aliphatic rings. The van der Waals surface area contributed by atoms with Gasteiger partial charge in [-0.15, -0.1) is 0 Å². The fraction of sp³-hybridized carbons (Fsp3) is 0.217. The Morgan fingerprint density at radius 2 is 1.86 bits per heavy atom. The molecular weight excluding hydrogens is 350 g/mol. The van der Waals surface area contributed by atoms with E-state index in [4.69, 9.17) is 4.74 Å². The lowest BCUT2D eigenvalue weighted by molar-refractivity contribution is 0.102. The van der Waals surface area contributed by atoms with E-state index < -0.39 is 0 Å². The van der Waals surface area contributed by atoms with E-state index >= 15 is 0 Å². The van der Waals surface area contributed by atoms with E-state index in [1.807, 2.05) is 50.2 Å². The Morgan fingerprint density at radius 1 is 1.07 bits per heavy atom. The molecule has 1 amide bonds. The van der Waals surface area contributed by atoms with E-state index in [0.29, 0.717) is 5.69 Å². The normalized spacial score (nSPS) is 10.4. The number of benzene rings is 2. The minimum absolute atomic E-state index is 0.215. The van der Waals surface area contributed by atoms with Crippen molar-refractivity contribution in [1.82, 2.24) is 4.98 Å². The standard InChI is InChI=1S/C23H25N3O2/c1-16-5-4-6-21(17(16)2)26-23(27)22-15-19(12-14-25-22)24-13-11-18-7-9-20(28-3)10-8-18/h4-10,12,14-15H,11,13H2,1-3H3,(H,24,25)(H,26,27). The van der Waals surface area contributed by atoms with Gasteiger partial charge in [0.15, 0.2) is 0 Å². The van der Waals surface area contributed by atoms with Gasteiger partial charge in [0, 0.05) is 24.1 Å². The lowest BCUT2D eigenvalue weighted by Gasteiger charge is -2.11. The van der Waals surface area contributed by atoms with Gasteiger partial charge in [-0.25, -0.2) is 0 Å². The third-order valence-electron chi connectivity index (χ3n) is 4.75. The first-order valence-corrected chi connectivity index (χ1v) is 9.27. The lowest BCUT2D eigenvalue weighted by atomic mass is 10.1. The number of carbonyl (C=O) groups excluding carboxylic acids is 1. The lowest BCUT2D eigenvalue weighted by Crippen LogP contribution is -2.15. The van der Waals surface area contributed by atoms with Gasteiger partial charge in [0.25, 0.3) is 5.91 Å². The smallest absolute Gasteiger partial charge is 0.274 e. The number of anilines is 2. The van der Waals surface area contributed by atoms with Gasteiger partial charge in [-0.05, 0) is 67.3 Å². The van der Waals surface area contributed by atoms with Crippen LogP contribution in [0.4, 0.5) is 11.4 Å². The van der Waals surface area contributed by atoms with Gasteiger partial charge >= 0.3 is 0 Å². The average molecular weight is 375 g/mol. The van der Waals surface area contributed by atoms with Crippen LogP contribution >= 0.6 is 0 Å². The summed E-state index contributed by atoms with van der Waals surface area (Å²) in [6.07, 6.45) is 2.52. The molecule has 5 heteroatoms. The molecule has 3 aromatic rings. The van der Waals surface area contributed by atoms with Crippen LogP contribution in [0.25, 0.3) is 0 Å². The number of pyridine rings is 1. The molecule has 0 spiro atoms. The van der Waals surface area contributed by atoms with Crippen LogP contribution in [0, 0.1) is 13.8 Å². The SMILES string of the molecule is COc1ccc(CCNc2ccnc(C(=O)Nc3cccc(C)c3C)c2)cc1. The molecule has 0 unspecified atom stereocenters. The number of hydrogen-bond acceptors (Lipinski definition) is 4. The Labute approximate surface area is 165 Å². The molecule has 0 atom stereocenters. The molecule has 0 bridgehead atoms. The summed E-state index contributed by atoms with van der Waals surface area (Å²) in [5, 5.41) is 6.30. The van der Waals surface area contributed by atoms with Crippen molar-refractivity contribution >= 4 is 17.3 Å². The molecule has 1 heterocycles. The largest absolute Gasteiger partial charge is 0.497 e. The van der Waals surface area contributed by atoms with E-state index in [9.17, 15) is 4.79 Å². The Balaban J connectivity index is 1.59. The molecule has 144 valence electrons. The quantitative estimate of drug-likeness (QED) is 0.633. The molecule has 1 aromatic heterocycles. The Bertz CT molecular complexity index is 952. The molecule has 3 rings (SSSR count). The molecule has 28 heavy (non-hydrogen) atoms. The van der Waals surface area contributed by atoms with Crippen LogP contribution < -0.4 is 15.4 Å². The van der Waals surface area contributed by atoms with Crippen LogP contribution in [0.2, 0.25) is 0 Å². The van der Waals surface area contributed by atoms with Crippen molar-refractivity contribution in [3.8, 4) is 5.75 Å². The number of aromatic nitrogens is 1. The molecule has 0 saturated carbocycles. The summed E-state index contributed by atoms with van der Waals surface area (Å²) in [4.78, 5) is 16.8. The summed E-state index contributed by atoms with van der Waals surface area (Å²) in [7, 11) is 1.66. The minimum atomic E-state index is -0.215. The number of nitrogens with one attached hydrogen (secondary N) is 2. The highest BCUT2D eigenvalue weighted by molar-refractivity contribution is 6.03. The summed E-state index contributed by atoms with van der Waals surface area (Å²) in [6, 6.07) is 17.5. The molecule has 2 N–H and O–H groups in total. The number of methoxy groups -OCH3 is 1. The Morgan fingerprint density at radius 3 is 2.61 bits per heavy atom. The maximum Gasteiger partial charge on any atom is 0.274 e. The van der Waals surface area contributed by atoms with Crippen LogP contribution in [0.5, 0.6) is 5.75 Å². The van der Waals surface area contributed by atoms with Crippen molar-refractivity contribution in [1.29, 1.82) is 0 Å². The topological polar surface area (TPSA) is 63.2 Å². The first kappa shape index (κ1) is 19.4. The van der Waals surface area contributed by atoms with Crippen LogP contribution in [0.3, 0.4) is 0 Å². The summed E-state index contributed by atoms with van der Waals surface area (Å²) < 4.78 is 5.17. The minimum Gasteiger partial charge on any atom is -0.497 e. The highest BCUT2D eigenvalue weighted by Gasteiger charge is 2.10. The average Bonchev–Trinajstić information content (AvgIpc) is 2.72. The summed E-state index contributed by atoms with van der Waals surface area (Å²) in [6.45, 7) is 4.78. The summed E-state index contributed by atoms with van der Waals surface area (Å²) in [5.41, 5.74) is 5.48. The molecule has 0 fully saturated rings. The van der Waals surface area contributed by atoms with E-state index in [-0.39, 0.29) is 5.91 Å². The Hall–Kier alpha value is -3.34. The number of ether oxygens (including phenoxy) is 1. The molecular formula is C23H25N3O2. The number of amides is 1. The van der Waals surface area contributed by atoms with Crippen molar-refractivity contribution in [3.05, 3.63) is 83.2 Å². The van der Waals surface area contributed by atoms with Gasteiger partial charge in [0.2, 0.25) is 0 Å². The number of nitrogens with zero attached hydrogens (tertiary/aromatic N) is 1. The second-order valence-electron chi connectivity index (χ2n) is 6.66. The van der Waals surface area contributed by atoms with E-state index in [1.165, 1.54) is 5.56 Å². The van der Waals surface area contributed by atoms with Gasteiger partial charge < -0.3 is 15.4 Å². The molecule has 0 aliphatic carbocycles. The third kappa shape index (κ3) is 4.88. The third-order valence-corrected chi connectivity index (χ3v) is 4.75. The Kier molecular flexibility index (Phi) is 6.27. The summed E-state index contributed by atoms with van der Waals surface area (Å²) in [5.74, 6) is 0.637. The number of aryl methyl sites for hydroxylation is 1. The maximum absolute atomic E-state index is 12.6. The van der Waals surface area contributed by atoms with Crippen LogP contribution in [0.15, 0.2) is 60.8 Å². The molecule has 0 aliphatic heterocycles. The molecule has 0 saturated heterocycles. The van der Waals surface area contributed by atoms with Crippen molar-refractivity contribution in [2.75, 3.05) is 24.3 Å². The van der Waals surface area contributed by atoms with Crippen molar-refractivity contribution < 1.29 is 9.53 Å². The van der Waals surface area contributed by atoms with Crippen LogP contribution in [-0.2, 0) is 6.42 Å². The van der Waals surface area contributed by atoms with Gasteiger partial charge in [-0.1, -0.05) is 24.3 Å². The molecule has 5 nitrogen and oxygen atoms in total. The van der Waals surface area contributed by atoms with Crippen molar-refractivity contribution in [3.63, 3.8) is 0 Å². The van der Waals surface area contributed by atoms with Crippen molar-refractivity contribution in [2.45, 2.75) is 20.3 Å². The van der Waals surface area contributed by atoms with Gasteiger partial charge in [0.05, 0.1) is 7.11 Å². The zero-order valence-electron chi connectivity index (χ0n) is 16.5. The predicted octanol–water partition coefficient (Wildman–Crippen LogP) is 4.61. The van der Waals surface area contributed by atoms with Gasteiger partial charge in [0.1, 0.15) is 11.4 Å². The van der Waals surface area contributed by atoms with Gasteiger partial charge in [-0.3, -0.25) is 9.78 Å².